The quantitative estimate of drug-likeness (QED) is 0.488. The van der Waals surface area contributed by atoms with Crippen LogP contribution in [0.2, 0.25) is 0 Å². The molecule has 0 aromatic rings. The summed E-state index contributed by atoms with van der Waals surface area (Å²) in [6.45, 7) is 0. The fourth-order valence-electron chi connectivity index (χ4n) is 2.66. The zero-order valence-corrected chi connectivity index (χ0v) is 7.79. The van der Waals surface area contributed by atoms with E-state index in [1.807, 2.05) is 0 Å². The molecule has 0 aromatic carbocycles. The summed E-state index contributed by atoms with van der Waals surface area (Å²) in [6.07, 6.45) is 16.7. The summed E-state index contributed by atoms with van der Waals surface area (Å²) < 4.78 is 0. The van der Waals surface area contributed by atoms with Crippen molar-refractivity contribution in [2.45, 2.75) is 25.7 Å². The molecule has 0 spiro atoms. The van der Waals surface area contributed by atoms with Gasteiger partial charge in [0.2, 0.25) is 0 Å². The van der Waals surface area contributed by atoms with E-state index in [1.54, 1.807) is 16.7 Å². The minimum absolute atomic E-state index is 0.674. The summed E-state index contributed by atoms with van der Waals surface area (Å²) in [5, 5.41) is 0. The lowest BCUT2D eigenvalue weighted by atomic mass is 9.78. The van der Waals surface area contributed by atoms with Gasteiger partial charge in [0.15, 0.2) is 0 Å². The van der Waals surface area contributed by atoms with Gasteiger partial charge in [0, 0.05) is 5.92 Å². The van der Waals surface area contributed by atoms with Gasteiger partial charge >= 0.3 is 0 Å². The van der Waals surface area contributed by atoms with Crippen molar-refractivity contribution in [3.63, 3.8) is 0 Å². The van der Waals surface area contributed by atoms with Gasteiger partial charge in [-0.3, -0.25) is 0 Å². The number of rotatable bonds is 0. The van der Waals surface area contributed by atoms with Crippen LogP contribution in [-0.4, -0.2) is 0 Å². The molecule has 0 aromatic heterocycles. The smallest absolute Gasteiger partial charge is 0.0196 e. The number of fused-ring (bicyclic) bond motifs is 2. The highest BCUT2D eigenvalue weighted by Gasteiger charge is 2.25. The molecule has 0 nitrogen and oxygen atoms in total. The highest BCUT2D eigenvalue weighted by Crippen LogP contribution is 2.41. The van der Waals surface area contributed by atoms with Gasteiger partial charge in [-0.15, -0.1) is 0 Å². The predicted octanol–water partition coefficient (Wildman–Crippen LogP) is 3.54. The van der Waals surface area contributed by atoms with Crippen LogP contribution >= 0.6 is 0 Å². The van der Waals surface area contributed by atoms with Gasteiger partial charge in [-0.05, 0) is 31.3 Å². The molecule has 0 N–H and O–H groups in total. The van der Waals surface area contributed by atoms with Crippen LogP contribution < -0.4 is 0 Å². The van der Waals surface area contributed by atoms with E-state index in [1.165, 1.54) is 25.7 Å². The van der Waals surface area contributed by atoms with Crippen LogP contribution in [0.15, 0.2) is 47.1 Å². The van der Waals surface area contributed by atoms with Crippen LogP contribution in [0.4, 0.5) is 0 Å². The molecule has 1 unspecified atom stereocenters. The summed E-state index contributed by atoms with van der Waals surface area (Å²) in [6, 6.07) is 0. The summed E-state index contributed by atoms with van der Waals surface area (Å²) in [4.78, 5) is 0. The lowest BCUT2D eigenvalue weighted by Gasteiger charge is -2.27. The Morgan fingerprint density at radius 1 is 1.15 bits per heavy atom. The SMILES string of the molecule is C1=CC2C(=CCC3=C2CC=C3)CC1. The van der Waals surface area contributed by atoms with E-state index < -0.39 is 0 Å². The molecule has 0 saturated heterocycles. The molecule has 66 valence electrons. The first-order chi connectivity index (χ1) is 6.45. The molecule has 0 heteroatoms. The third-order valence-corrected chi connectivity index (χ3v) is 3.36. The zero-order chi connectivity index (χ0) is 8.67. The molecule has 0 heterocycles. The molecule has 0 radical (unpaired) electrons. The fourth-order valence-corrected chi connectivity index (χ4v) is 2.66. The summed E-state index contributed by atoms with van der Waals surface area (Å²) in [5.74, 6) is 0.674. The molecule has 0 fully saturated rings. The molecular formula is C13H14. The Kier molecular flexibility index (Phi) is 1.55. The lowest BCUT2D eigenvalue weighted by Crippen LogP contribution is -2.12. The molecule has 13 heavy (non-hydrogen) atoms. The molecule has 3 rings (SSSR count). The second kappa shape index (κ2) is 2.73. The Balaban J connectivity index is 2.02. The van der Waals surface area contributed by atoms with Crippen molar-refractivity contribution in [2.24, 2.45) is 5.92 Å². The molecule has 0 aliphatic heterocycles. The number of allylic oxidation sites excluding steroid dienone is 8. The maximum atomic E-state index is 2.45. The normalized spacial score (nSPS) is 30.2. The number of hydrogen-bond donors (Lipinski definition) is 0. The van der Waals surface area contributed by atoms with Crippen molar-refractivity contribution >= 4 is 0 Å². The van der Waals surface area contributed by atoms with E-state index in [9.17, 15) is 0 Å². The van der Waals surface area contributed by atoms with E-state index >= 15 is 0 Å². The van der Waals surface area contributed by atoms with Crippen LogP contribution in [0.3, 0.4) is 0 Å². The van der Waals surface area contributed by atoms with Crippen LogP contribution in [0.5, 0.6) is 0 Å². The monoisotopic (exact) mass is 170 g/mol. The van der Waals surface area contributed by atoms with E-state index in [0.717, 1.165) is 0 Å². The van der Waals surface area contributed by atoms with Crippen molar-refractivity contribution in [1.29, 1.82) is 0 Å². The average Bonchev–Trinajstić information content (AvgIpc) is 2.65. The lowest BCUT2D eigenvalue weighted by molar-refractivity contribution is 0.728. The van der Waals surface area contributed by atoms with Crippen LogP contribution in [0, 0.1) is 5.92 Å². The van der Waals surface area contributed by atoms with Crippen LogP contribution in [-0.2, 0) is 0 Å². The van der Waals surface area contributed by atoms with Gasteiger partial charge in [0.05, 0.1) is 0 Å². The second-order valence-electron chi connectivity index (χ2n) is 4.08. The highest BCUT2D eigenvalue weighted by atomic mass is 14.3. The molecule has 1 atom stereocenters. The van der Waals surface area contributed by atoms with Crippen molar-refractivity contribution < 1.29 is 0 Å². The zero-order valence-electron chi connectivity index (χ0n) is 7.79. The Bertz CT molecular complexity index is 350. The van der Waals surface area contributed by atoms with Gasteiger partial charge in [0.1, 0.15) is 0 Å². The molecule has 0 bridgehead atoms. The second-order valence-corrected chi connectivity index (χ2v) is 4.08. The Labute approximate surface area is 79.3 Å². The Morgan fingerprint density at radius 2 is 2.15 bits per heavy atom. The van der Waals surface area contributed by atoms with Crippen LogP contribution in [0.1, 0.15) is 25.7 Å². The summed E-state index contributed by atoms with van der Waals surface area (Å²) in [5.41, 5.74) is 4.93. The van der Waals surface area contributed by atoms with E-state index in [0.29, 0.717) is 5.92 Å². The Hall–Kier alpha value is -1.04. The van der Waals surface area contributed by atoms with Crippen LogP contribution in [0.25, 0.3) is 0 Å². The van der Waals surface area contributed by atoms with Crippen molar-refractivity contribution in [1.82, 2.24) is 0 Å². The maximum absolute atomic E-state index is 2.45. The topological polar surface area (TPSA) is 0 Å². The Morgan fingerprint density at radius 3 is 3.15 bits per heavy atom. The van der Waals surface area contributed by atoms with E-state index in [4.69, 9.17) is 0 Å². The van der Waals surface area contributed by atoms with Gasteiger partial charge in [-0.2, -0.15) is 0 Å². The first-order valence-electron chi connectivity index (χ1n) is 5.19. The van der Waals surface area contributed by atoms with Crippen molar-refractivity contribution in [3.8, 4) is 0 Å². The van der Waals surface area contributed by atoms with Gasteiger partial charge in [0.25, 0.3) is 0 Å². The third kappa shape index (κ3) is 1.05. The molecule has 3 aliphatic rings. The number of hydrogen-bond acceptors (Lipinski definition) is 0. The minimum Gasteiger partial charge on any atom is -0.0873 e. The molecular weight excluding hydrogens is 156 g/mol. The first-order valence-corrected chi connectivity index (χ1v) is 5.19. The van der Waals surface area contributed by atoms with E-state index in [-0.39, 0.29) is 0 Å². The summed E-state index contributed by atoms with van der Waals surface area (Å²) in [7, 11) is 0. The van der Waals surface area contributed by atoms with Gasteiger partial charge in [-0.25, -0.2) is 0 Å². The maximum Gasteiger partial charge on any atom is 0.0196 e. The van der Waals surface area contributed by atoms with Gasteiger partial charge in [-0.1, -0.05) is 41.5 Å². The first kappa shape index (κ1) is 7.37. The summed E-state index contributed by atoms with van der Waals surface area (Å²) >= 11 is 0. The average molecular weight is 170 g/mol. The molecule has 3 aliphatic carbocycles. The van der Waals surface area contributed by atoms with Crippen molar-refractivity contribution in [3.05, 3.63) is 47.1 Å². The van der Waals surface area contributed by atoms with Gasteiger partial charge < -0.3 is 0 Å². The fraction of sp³-hybridized carbons (Fsp3) is 0.385. The third-order valence-electron chi connectivity index (χ3n) is 3.36. The largest absolute Gasteiger partial charge is 0.0873 e. The van der Waals surface area contributed by atoms with Crippen molar-refractivity contribution in [2.75, 3.05) is 0 Å². The predicted molar refractivity (Wildman–Crippen MR) is 55.3 cm³/mol. The molecule has 0 amide bonds. The standard InChI is InChI=1S/C13H14/c1-2-6-12-10(4-1)8-9-11-5-3-7-13(11)12/h2-3,5-6,8,12H,1,4,7,9H2. The minimum atomic E-state index is 0.674. The highest BCUT2D eigenvalue weighted by molar-refractivity contribution is 5.46. The molecule has 0 saturated carbocycles. The van der Waals surface area contributed by atoms with E-state index in [2.05, 4.69) is 30.4 Å².